The molecule has 1 aromatic heterocycles. The number of rotatable bonds is 4. The van der Waals surface area contributed by atoms with Crippen molar-refractivity contribution in [3.63, 3.8) is 0 Å². The number of nitrogens with zero attached hydrogens (tertiary/aromatic N) is 3. The second kappa shape index (κ2) is 6.52. The molecule has 1 saturated heterocycles. The number of hydrogen-bond donors (Lipinski definition) is 1. The lowest BCUT2D eigenvalue weighted by molar-refractivity contribution is 0.0953. The summed E-state index contributed by atoms with van der Waals surface area (Å²) < 4.78 is 0. The number of piperazine rings is 1. The Labute approximate surface area is 114 Å². The molecule has 19 heavy (non-hydrogen) atoms. The largest absolute Gasteiger partial charge is 0.353 e. The first-order valence-electron chi connectivity index (χ1n) is 6.89. The molecule has 1 amide bonds. The summed E-state index contributed by atoms with van der Waals surface area (Å²) in [7, 11) is 2.12. The van der Waals surface area contributed by atoms with Crippen molar-refractivity contribution < 1.29 is 4.79 Å². The van der Waals surface area contributed by atoms with Gasteiger partial charge in [0.1, 0.15) is 5.82 Å². The smallest absolute Gasteiger partial charge is 0.255 e. The van der Waals surface area contributed by atoms with Crippen LogP contribution in [0.5, 0.6) is 0 Å². The minimum atomic E-state index is -0.0242. The van der Waals surface area contributed by atoms with E-state index in [1.165, 1.54) is 0 Å². The zero-order valence-corrected chi connectivity index (χ0v) is 11.7. The van der Waals surface area contributed by atoms with Crippen LogP contribution >= 0.6 is 0 Å². The second-order valence-electron chi connectivity index (χ2n) is 4.92. The van der Waals surface area contributed by atoms with E-state index in [0.717, 1.165) is 38.4 Å². The van der Waals surface area contributed by atoms with Crippen LogP contribution in [0.3, 0.4) is 0 Å². The van der Waals surface area contributed by atoms with Crippen LogP contribution in [-0.2, 0) is 0 Å². The molecule has 5 heteroatoms. The molecular weight excluding hydrogens is 240 g/mol. The summed E-state index contributed by atoms with van der Waals surface area (Å²) in [4.78, 5) is 21.0. The van der Waals surface area contributed by atoms with Crippen molar-refractivity contribution in [3.8, 4) is 0 Å². The van der Waals surface area contributed by atoms with Crippen molar-refractivity contribution in [2.45, 2.75) is 13.3 Å². The van der Waals surface area contributed by atoms with Gasteiger partial charge in [0.2, 0.25) is 0 Å². The minimum absolute atomic E-state index is 0.0242. The Kier molecular flexibility index (Phi) is 4.74. The van der Waals surface area contributed by atoms with Gasteiger partial charge in [0.15, 0.2) is 0 Å². The average Bonchev–Trinajstić information content (AvgIpc) is 2.45. The highest BCUT2D eigenvalue weighted by atomic mass is 16.1. The predicted molar refractivity (Wildman–Crippen MR) is 76.6 cm³/mol. The number of carbonyl (C=O) groups excluding carboxylic acids is 1. The molecular formula is C14H22N4O. The van der Waals surface area contributed by atoms with E-state index in [4.69, 9.17) is 0 Å². The van der Waals surface area contributed by atoms with E-state index in [9.17, 15) is 4.79 Å². The topological polar surface area (TPSA) is 48.5 Å². The van der Waals surface area contributed by atoms with Gasteiger partial charge in [-0.1, -0.05) is 6.92 Å². The summed E-state index contributed by atoms with van der Waals surface area (Å²) in [6, 6.07) is 3.67. The third-order valence-electron chi connectivity index (χ3n) is 3.37. The van der Waals surface area contributed by atoms with Crippen molar-refractivity contribution in [2.75, 3.05) is 44.7 Å². The second-order valence-corrected chi connectivity index (χ2v) is 4.92. The minimum Gasteiger partial charge on any atom is -0.353 e. The van der Waals surface area contributed by atoms with E-state index in [1.54, 1.807) is 6.20 Å². The average molecular weight is 262 g/mol. The van der Waals surface area contributed by atoms with Gasteiger partial charge < -0.3 is 15.1 Å². The van der Waals surface area contributed by atoms with Gasteiger partial charge in [0.25, 0.3) is 5.91 Å². The monoisotopic (exact) mass is 262 g/mol. The van der Waals surface area contributed by atoms with Gasteiger partial charge in [-0.2, -0.15) is 0 Å². The number of amides is 1. The molecule has 1 aromatic rings. The first-order valence-corrected chi connectivity index (χ1v) is 6.89. The highest BCUT2D eigenvalue weighted by molar-refractivity contribution is 5.98. The number of carbonyl (C=O) groups is 1. The van der Waals surface area contributed by atoms with Gasteiger partial charge in [0.05, 0.1) is 5.56 Å². The Balaban J connectivity index is 2.14. The number of anilines is 1. The first-order chi connectivity index (χ1) is 9.22. The molecule has 2 heterocycles. The highest BCUT2D eigenvalue weighted by Crippen LogP contribution is 2.18. The SMILES string of the molecule is CCCNC(=O)c1cccnc1N1CCN(C)CC1. The van der Waals surface area contributed by atoms with E-state index < -0.39 is 0 Å². The standard InChI is InChI=1S/C14H22N4O/c1-3-6-16-14(19)12-5-4-7-15-13(12)18-10-8-17(2)9-11-18/h4-5,7H,3,6,8-11H2,1-2H3,(H,16,19). The molecule has 104 valence electrons. The van der Waals surface area contributed by atoms with Gasteiger partial charge in [-0.25, -0.2) is 4.98 Å². The van der Waals surface area contributed by atoms with Crippen LogP contribution in [0.15, 0.2) is 18.3 Å². The molecule has 0 aromatic carbocycles. The molecule has 0 radical (unpaired) electrons. The molecule has 0 saturated carbocycles. The van der Waals surface area contributed by atoms with Crippen LogP contribution in [0.2, 0.25) is 0 Å². The number of hydrogen-bond acceptors (Lipinski definition) is 4. The molecule has 2 rings (SSSR count). The fourth-order valence-corrected chi connectivity index (χ4v) is 2.18. The van der Waals surface area contributed by atoms with E-state index in [2.05, 4.69) is 27.1 Å². The van der Waals surface area contributed by atoms with Crippen LogP contribution < -0.4 is 10.2 Å². The Morgan fingerprint density at radius 1 is 1.37 bits per heavy atom. The molecule has 0 aliphatic carbocycles. The quantitative estimate of drug-likeness (QED) is 0.878. The molecule has 1 N–H and O–H groups in total. The number of pyridine rings is 1. The Hall–Kier alpha value is -1.62. The molecule has 0 spiro atoms. The van der Waals surface area contributed by atoms with E-state index in [0.29, 0.717) is 12.1 Å². The van der Waals surface area contributed by atoms with Gasteiger partial charge >= 0.3 is 0 Å². The summed E-state index contributed by atoms with van der Waals surface area (Å²) in [6.45, 7) is 6.60. The van der Waals surface area contributed by atoms with Crippen LogP contribution in [-0.4, -0.2) is 55.6 Å². The van der Waals surface area contributed by atoms with Crippen molar-refractivity contribution >= 4 is 11.7 Å². The molecule has 0 atom stereocenters. The summed E-state index contributed by atoms with van der Waals surface area (Å²) in [5.41, 5.74) is 0.681. The van der Waals surface area contributed by atoms with Gasteiger partial charge in [-0.05, 0) is 25.6 Å². The van der Waals surface area contributed by atoms with Gasteiger partial charge in [0, 0.05) is 38.9 Å². The summed E-state index contributed by atoms with van der Waals surface area (Å²) in [6.07, 6.45) is 2.69. The van der Waals surface area contributed by atoms with E-state index in [-0.39, 0.29) is 5.91 Å². The van der Waals surface area contributed by atoms with Gasteiger partial charge in [-0.3, -0.25) is 4.79 Å². The molecule has 1 fully saturated rings. The van der Waals surface area contributed by atoms with Crippen LogP contribution in [0.1, 0.15) is 23.7 Å². The number of nitrogens with one attached hydrogen (secondary N) is 1. The van der Waals surface area contributed by atoms with Crippen LogP contribution in [0, 0.1) is 0 Å². The Morgan fingerprint density at radius 3 is 2.79 bits per heavy atom. The lowest BCUT2D eigenvalue weighted by Crippen LogP contribution is -2.45. The maximum Gasteiger partial charge on any atom is 0.255 e. The fourth-order valence-electron chi connectivity index (χ4n) is 2.18. The Bertz CT molecular complexity index is 427. The fraction of sp³-hybridized carbons (Fsp3) is 0.571. The lowest BCUT2D eigenvalue weighted by atomic mass is 10.2. The van der Waals surface area contributed by atoms with Crippen molar-refractivity contribution in [3.05, 3.63) is 23.9 Å². The number of aromatic nitrogens is 1. The molecule has 1 aliphatic rings. The van der Waals surface area contributed by atoms with Crippen LogP contribution in [0.25, 0.3) is 0 Å². The van der Waals surface area contributed by atoms with E-state index in [1.807, 2.05) is 19.1 Å². The summed E-state index contributed by atoms with van der Waals surface area (Å²) >= 11 is 0. The molecule has 1 aliphatic heterocycles. The zero-order valence-electron chi connectivity index (χ0n) is 11.7. The summed E-state index contributed by atoms with van der Waals surface area (Å²) in [5, 5.41) is 2.92. The predicted octanol–water partition coefficient (Wildman–Crippen LogP) is 0.973. The maximum atomic E-state index is 12.1. The highest BCUT2D eigenvalue weighted by Gasteiger charge is 2.20. The first kappa shape index (κ1) is 13.8. The zero-order chi connectivity index (χ0) is 13.7. The third kappa shape index (κ3) is 3.44. The van der Waals surface area contributed by atoms with Crippen molar-refractivity contribution in [1.29, 1.82) is 0 Å². The number of likely N-dealkylation sites (N-methyl/N-ethyl adjacent to an activating group) is 1. The summed E-state index contributed by atoms with van der Waals surface area (Å²) in [5.74, 6) is 0.785. The van der Waals surface area contributed by atoms with E-state index >= 15 is 0 Å². The maximum absolute atomic E-state index is 12.1. The third-order valence-corrected chi connectivity index (χ3v) is 3.37. The molecule has 5 nitrogen and oxygen atoms in total. The molecule has 0 bridgehead atoms. The molecule has 0 unspecified atom stereocenters. The normalized spacial score (nSPS) is 16.4. The Morgan fingerprint density at radius 2 is 2.11 bits per heavy atom. The van der Waals surface area contributed by atoms with Gasteiger partial charge in [-0.15, -0.1) is 0 Å². The van der Waals surface area contributed by atoms with Crippen molar-refractivity contribution in [2.24, 2.45) is 0 Å². The van der Waals surface area contributed by atoms with Crippen LogP contribution in [0.4, 0.5) is 5.82 Å². The van der Waals surface area contributed by atoms with Crippen molar-refractivity contribution in [1.82, 2.24) is 15.2 Å². The lowest BCUT2D eigenvalue weighted by Gasteiger charge is -2.34.